The third-order valence-corrected chi connectivity index (χ3v) is 4.39. The molecule has 0 aliphatic rings. The minimum absolute atomic E-state index is 0.0992. The predicted molar refractivity (Wildman–Crippen MR) is 117 cm³/mol. The maximum Gasteiger partial charge on any atom is 0.191 e. The fraction of sp³-hybridized carbons (Fsp3) is 0.304. The number of benzene rings is 2. The summed E-state index contributed by atoms with van der Waals surface area (Å²) >= 11 is 0. The summed E-state index contributed by atoms with van der Waals surface area (Å²) in [5.41, 5.74) is 2.35. The molecule has 0 amide bonds. The number of ether oxygens (including phenoxy) is 1. The number of nitrogens with one attached hydrogen (secondary N) is 2. The van der Waals surface area contributed by atoms with Crippen molar-refractivity contribution in [2.24, 2.45) is 4.99 Å². The Morgan fingerprint density at radius 2 is 1.97 bits per heavy atom. The van der Waals surface area contributed by atoms with Crippen molar-refractivity contribution in [2.45, 2.75) is 33.0 Å². The molecule has 158 valence electrons. The van der Waals surface area contributed by atoms with E-state index in [2.05, 4.69) is 44.9 Å². The van der Waals surface area contributed by atoms with E-state index >= 15 is 0 Å². The van der Waals surface area contributed by atoms with Crippen LogP contribution in [0, 0.1) is 5.82 Å². The summed E-state index contributed by atoms with van der Waals surface area (Å²) in [5, 5.41) is 6.55. The van der Waals surface area contributed by atoms with Crippen LogP contribution in [0.4, 0.5) is 4.39 Å². The highest BCUT2D eigenvalue weighted by Crippen LogP contribution is 2.13. The first-order valence-corrected chi connectivity index (χ1v) is 10.1. The minimum atomic E-state index is -0.274. The first-order valence-electron chi connectivity index (χ1n) is 10.1. The van der Waals surface area contributed by atoms with Crippen LogP contribution in [0.25, 0.3) is 0 Å². The number of rotatable bonds is 9. The van der Waals surface area contributed by atoms with E-state index in [0.29, 0.717) is 18.8 Å². The van der Waals surface area contributed by atoms with Crippen LogP contribution in [0.3, 0.4) is 0 Å². The summed E-state index contributed by atoms with van der Waals surface area (Å²) in [7, 11) is 0. The summed E-state index contributed by atoms with van der Waals surface area (Å²) in [6, 6.07) is 14.4. The van der Waals surface area contributed by atoms with E-state index in [1.807, 2.05) is 30.9 Å². The molecule has 0 saturated carbocycles. The number of guanidine groups is 1. The zero-order valence-corrected chi connectivity index (χ0v) is 17.4. The highest BCUT2D eigenvalue weighted by atomic mass is 19.1. The number of halogens is 1. The second-order valence-corrected chi connectivity index (χ2v) is 7.01. The first kappa shape index (κ1) is 21.4. The average molecular weight is 410 g/mol. The zero-order chi connectivity index (χ0) is 21.2. The highest BCUT2D eigenvalue weighted by Gasteiger charge is 2.06. The molecule has 1 heterocycles. The molecule has 0 bridgehead atoms. The summed E-state index contributed by atoms with van der Waals surface area (Å²) in [6.45, 7) is 6.68. The molecule has 2 N–H and O–H groups in total. The van der Waals surface area contributed by atoms with Gasteiger partial charge in [-0.1, -0.05) is 24.3 Å². The molecule has 0 spiro atoms. The smallest absolute Gasteiger partial charge is 0.191 e. The summed E-state index contributed by atoms with van der Waals surface area (Å²) in [6.07, 6.45) is 5.45. The van der Waals surface area contributed by atoms with E-state index in [4.69, 9.17) is 4.74 Å². The number of aliphatic imine (C=N–C) groups is 1. The molecule has 0 aliphatic carbocycles. The Labute approximate surface area is 176 Å². The monoisotopic (exact) mass is 409 g/mol. The molecule has 7 heteroatoms. The van der Waals surface area contributed by atoms with E-state index < -0.39 is 0 Å². The van der Waals surface area contributed by atoms with Crippen molar-refractivity contribution >= 4 is 5.96 Å². The van der Waals surface area contributed by atoms with Gasteiger partial charge in [-0.15, -0.1) is 0 Å². The lowest BCUT2D eigenvalue weighted by molar-refractivity contribution is 0.223. The van der Waals surface area contributed by atoms with Crippen LogP contribution < -0.4 is 15.4 Å². The molecular formula is C23H28FN5O. The first-order chi connectivity index (χ1) is 14.6. The fourth-order valence-electron chi connectivity index (χ4n) is 2.96. The van der Waals surface area contributed by atoms with Crippen molar-refractivity contribution < 1.29 is 9.13 Å². The Morgan fingerprint density at radius 1 is 1.17 bits per heavy atom. The van der Waals surface area contributed by atoms with Crippen molar-refractivity contribution in [1.29, 1.82) is 0 Å². The second-order valence-electron chi connectivity index (χ2n) is 7.01. The lowest BCUT2D eigenvalue weighted by Gasteiger charge is -2.17. The zero-order valence-electron chi connectivity index (χ0n) is 17.4. The number of imidazole rings is 1. The van der Waals surface area contributed by atoms with Gasteiger partial charge in [0, 0.05) is 25.5 Å². The van der Waals surface area contributed by atoms with Crippen molar-refractivity contribution in [1.82, 2.24) is 20.2 Å². The molecule has 30 heavy (non-hydrogen) atoms. The number of nitrogens with zero attached hydrogens (tertiary/aromatic N) is 3. The summed E-state index contributed by atoms with van der Waals surface area (Å²) in [5.74, 6) is 1.10. The summed E-state index contributed by atoms with van der Waals surface area (Å²) < 4.78 is 20.9. The van der Waals surface area contributed by atoms with Crippen LogP contribution in [-0.4, -0.2) is 34.7 Å². The lowest BCUT2D eigenvalue weighted by Crippen LogP contribution is -2.41. The molecule has 1 aromatic heterocycles. The van der Waals surface area contributed by atoms with Gasteiger partial charge in [-0.25, -0.2) is 14.4 Å². The van der Waals surface area contributed by atoms with Gasteiger partial charge in [-0.3, -0.25) is 0 Å². The molecule has 1 unspecified atom stereocenters. The van der Waals surface area contributed by atoms with Gasteiger partial charge in [0.15, 0.2) is 5.96 Å². The largest absolute Gasteiger partial charge is 0.489 e. The van der Waals surface area contributed by atoms with Gasteiger partial charge < -0.3 is 19.9 Å². The molecule has 3 rings (SSSR count). The van der Waals surface area contributed by atoms with Crippen molar-refractivity contribution in [3.63, 3.8) is 0 Å². The second kappa shape index (κ2) is 11.0. The van der Waals surface area contributed by atoms with E-state index in [1.54, 1.807) is 18.3 Å². The molecule has 6 nitrogen and oxygen atoms in total. The third kappa shape index (κ3) is 6.92. The van der Waals surface area contributed by atoms with Gasteiger partial charge in [0.25, 0.3) is 0 Å². The number of hydrogen-bond donors (Lipinski definition) is 2. The topological polar surface area (TPSA) is 63.5 Å². The van der Waals surface area contributed by atoms with E-state index in [9.17, 15) is 4.39 Å². The van der Waals surface area contributed by atoms with E-state index in [0.717, 1.165) is 24.6 Å². The number of hydrogen-bond acceptors (Lipinski definition) is 3. The van der Waals surface area contributed by atoms with Crippen molar-refractivity contribution in [2.75, 3.05) is 13.1 Å². The fourth-order valence-corrected chi connectivity index (χ4v) is 2.96. The van der Waals surface area contributed by atoms with E-state index in [1.165, 1.54) is 17.7 Å². The molecule has 1 atom stereocenters. The van der Waals surface area contributed by atoms with Crippen molar-refractivity contribution in [3.05, 3.63) is 84.2 Å². The van der Waals surface area contributed by atoms with Crippen LogP contribution in [0.5, 0.6) is 5.75 Å². The molecule has 0 saturated heterocycles. The number of aromatic nitrogens is 2. The van der Waals surface area contributed by atoms with Gasteiger partial charge in [0.1, 0.15) is 17.7 Å². The van der Waals surface area contributed by atoms with Crippen LogP contribution in [0.1, 0.15) is 25.0 Å². The SMILES string of the molecule is CCNC(=NCc1cccc(Cn2ccnc2)c1)NCC(C)Oc1ccc(F)cc1. The molecule has 0 fully saturated rings. The molecule has 3 aromatic rings. The minimum Gasteiger partial charge on any atom is -0.489 e. The van der Waals surface area contributed by atoms with Crippen LogP contribution in [-0.2, 0) is 13.1 Å². The Morgan fingerprint density at radius 3 is 2.70 bits per heavy atom. The predicted octanol–water partition coefficient (Wildman–Crippen LogP) is 3.59. The van der Waals surface area contributed by atoms with E-state index in [-0.39, 0.29) is 11.9 Å². The van der Waals surface area contributed by atoms with Crippen LogP contribution in [0.15, 0.2) is 72.2 Å². The van der Waals surface area contributed by atoms with Crippen LogP contribution in [0.2, 0.25) is 0 Å². The Kier molecular flexibility index (Phi) is 7.83. The molecular weight excluding hydrogens is 381 g/mol. The highest BCUT2D eigenvalue weighted by molar-refractivity contribution is 5.79. The Bertz CT molecular complexity index is 925. The molecule has 0 aliphatic heterocycles. The average Bonchev–Trinajstić information content (AvgIpc) is 3.25. The maximum atomic E-state index is 13.0. The quantitative estimate of drug-likeness (QED) is 0.419. The lowest BCUT2D eigenvalue weighted by atomic mass is 10.1. The van der Waals surface area contributed by atoms with Gasteiger partial charge in [-0.2, -0.15) is 0 Å². The molecule has 0 radical (unpaired) electrons. The standard InChI is InChI=1S/C23H28FN5O/c1-3-26-23(27-14-18(2)30-22-9-7-21(24)8-10-22)28-15-19-5-4-6-20(13-19)16-29-12-11-25-17-29/h4-13,17-18H,3,14-16H2,1-2H3,(H2,26,27,28). The Balaban J connectivity index is 1.54. The Hall–Kier alpha value is -3.35. The summed E-state index contributed by atoms with van der Waals surface area (Å²) in [4.78, 5) is 8.77. The van der Waals surface area contributed by atoms with Crippen molar-refractivity contribution in [3.8, 4) is 5.75 Å². The van der Waals surface area contributed by atoms with Gasteiger partial charge in [0.2, 0.25) is 0 Å². The van der Waals surface area contributed by atoms with Gasteiger partial charge >= 0.3 is 0 Å². The molecule has 2 aromatic carbocycles. The third-order valence-electron chi connectivity index (χ3n) is 4.39. The van der Waals surface area contributed by atoms with Crippen LogP contribution >= 0.6 is 0 Å². The maximum absolute atomic E-state index is 13.0. The van der Waals surface area contributed by atoms with Gasteiger partial charge in [-0.05, 0) is 49.2 Å². The normalized spacial score (nSPS) is 12.4. The van der Waals surface area contributed by atoms with Gasteiger partial charge in [0.05, 0.1) is 19.4 Å².